The molecule has 1 aliphatic rings. The first-order valence-electron chi connectivity index (χ1n) is 10.9. The maximum absolute atomic E-state index is 12.8. The van der Waals surface area contributed by atoms with Gasteiger partial charge in [0.1, 0.15) is 18.3 Å². The number of aliphatic hydroxyl groups excluding tert-OH is 1. The summed E-state index contributed by atoms with van der Waals surface area (Å²) in [6.07, 6.45) is -3.20. The fraction of sp³-hybridized carbons (Fsp3) is 0.296. The van der Waals surface area contributed by atoms with Gasteiger partial charge in [0.2, 0.25) is 0 Å². The average molecular weight is 433 g/mol. The van der Waals surface area contributed by atoms with E-state index in [4.69, 9.17) is 14.2 Å². The summed E-state index contributed by atoms with van der Waals surface area (Å²) in [5.74, 6) is -0.175. The average Bonchev–Trinajstić information content (AvgIpc) is 2.83. The van der Waals surface area contributed by atoms with Gasteiger partial charge in [0.15, 0.2) is 5.78 Å². The van der Waals surface area contributed by atoms with Crippen molar-refractivity contribution in [2.75, 3.05) is 0 Å². The van der Waals surface area contributed by atoms with E-state index < -0.39 is 24.4 Å². The van der Waals surface area contributed by atoms with Crippen LogP contribution in [-0.2, 0) is 38.8 Å². The Morgan fingerprint density at radius 1 is 0.625 bits per heavy atom. The van der Waals surface area contributed by atoms with E-state index in [0.29, 0.717) is 13.2 Å². The highest BCUT2D eigenvalue weighted by molar-refractivity contribution is 5.85. The Morgan fingerprint density at radius 2 is 1.03 bits per heavy atom. The summed E-state index contributed by atoms with van der Waals surface area (Å²) in [7, 11) is 0. The summed E-state index contributed by atoms with van der Waals surface area (Å²) in [6, 6.07) is 29.2. The first-order chi connectivity index (χ1) is 15.7. The van der Waals surface area contributed by atoms with Crippen molar-refractivity contribution in [1.82, 2.24) is 0 Å². The van der Waals surface area contributed by atoms with Gasteiger partial charge in [0, 0.05) is 6.42 Å². The smallest absolute Gasteiger partial charge is 0.167 e. The van der Waals surface area contributed by atoms with Crippen LogP contribution in [0.1, 0.15) is 23.1 Å². The third-order valence-electron chi connectivity index (χ3n) is 5.57. The van der Waals surface area contributed by atoms with E-state index in [9.17, 15) is 9.90 Å². The van der Waals surface area contributed by atoms with Crippen LogP contribution in [0.4, 0.5) is 0 Å². The molecule has 1 N–H and O–H groups in total. The standard InChI is InChI=1S/C27H28O5/c28-23-16-24(29)26(31-18-21-12-6-2-7-13-21)27(32-19-22-14-8-3-9-15-22)25(23)30-17-20-10-4-1-5-11-20/h1-15,23,25-28H,16-19H2/t23-,25-,26-,27-/m1/s1. The quantitative estimate of drug-likeness (QED) is 0.552. The number of hydrogen-bond acceptors (Lipinski definition) is 5. The number of carbonyl (C=O) groups is 1. The Morgan fingerprint density at radius 3 is 1.50 bits per heavy atom. The van der Waals surface area contributed by atoms with E-state index in [-0.39, 0.29) is 18.8 Å². The van der Waals surface area contributed by atoms with Gasteiger partial charge in [-0.15, -0.1) is 0 Å². The molecule has 0 saturated heterocycles. The number of benzene rings is 3. The molecule has 1 saturated carbocycles. The molecule has 4 atom stereocenters. The molecule has 0 radical (unpaired) electrons. The fourth-order valence-electron chi connectivity index (χ4n) is 3.88. The van der Waals surface area contributed by atoms with Crippen molar-refractivity contribution < 1.29 is 24.1 Å². The molecule has 0 unspecified atom stereocenters. The van der Waals surface area contributed by atoms with Crippen LogP contribution in [-0.4, -0.2) is 35.3 Å². The van der Waals surface area contributed by atoms with E-state index in [1.165, 1.54) is 0 Å². The number of ketones is 1. The molecular weight excluding hydrogens is 404 g/mol. The third kappa shape index (κ3) is 5.90. The van der Waals surface area contributed by atoms with Gasteiger partial charge in [-0.05, 0) is 16.7 Å². The number of rotatable bonds is 9. The first kappa shape index (κ1) is 22.4. The zero-order valence-corrected chi connectivity index (χ0v) is 17.9. The molecule has 0 aliphatic heterocycles. The molecule has 0 heterocycles. The van der Waals surface area contributed by atoms with Crippen LogP contribution < -0.4 is 0 Å². The Hall–Kier alpha value is -2.83. The van der Waals surface area contributed by atoms with Crippen LogP contribution in [0, 0.1) is 0 Å². The monoisotopic (exact) mass is 432 g/mol. The predicted octanol–water partition coefficient (Wildman–Crippen LogP) is 4.08. The molecule has 166 valence electrons. The van der Waals surface area contributed by atoms with E-state index in [1.807, 2.05) is 91.0 Å². The molecule has 1 aliphatic carbocycles. The molecule has 4 rings (SSSR count). The molecule has 3 aromatic carbocycles. The normalized spacial score (nSPS) is 23.2. The second-order valence-corrected chi connectivity index (χ2v) is 7.98. The highest BCUT2D eigenvalue weighted by Gasteiger charge is 2.46. The van der Waals surface area contributed by atoms with Gasteiger partial charge < -0.3 is 19.3 Å². The summed E-state index contributed by atoms with van der Waals surface area (Å²) in [5, 5.41) is 10.7. The van der Waals surface area contributed by atoms with Gasteiger partial charge in [-0.25, -0.2) is 0 Å². The number of carbonyl (C=O) groups excluding carboxylic acids is 1. The molecule has 32 heavy (non-hydrogen) atoms. The highest BCUT2D eigenvalue weighted by Crippen LogP contribution is 2.28. The van der Waals surface area contributed by atoms with Crippen molar-refractivity contribution in [2.45, 2.75) is 50.7 Å². The molecule has 5 heteroatoms. The van der Waals surface area contributed by atoms with Crippen molar-refractivity contribution in [1.29, 1.82) is 0 Å². The number of Topliss-reactive ketones (excluding diaryl/α,β-unsaturated/α-hetero) is 1. The van der Waals surface area contributed by atoms with Gasteiger partial charge in [0.05, 0.1) is 25.9 Å². The van der Waals surface area contributed by atoms with Gasteiger partial charge >= 0.3 is 0 Å². The molecule has 5 nitrogen and oxygen atoms in total. The minimum atomic E-state index is -0.955. The van der Waals surface area contributed by atoms with E-state index in [1.54, 1.807) is 0 Å². The lowest BCUT2D eigenvalue weighted by Crippen LogP contribution is -2.57. The second-order valence-electron chi connectivity index (χ2n) is 7.98. The summed E-state index contributed by atoms with van der Waals surface area (Å²) >= 11 is 0. The molecule has 3 aromatic rings. The zero-order valence-electron chi connectivity index (χ0n) is 17.9. The Bertz CT molecular complexity index is 961. The summed E-state index contributed by atoms with van der Waals surface area (Å²) in [5.41, 5.74) is 2.93. The van der Waals surface area contributed by atoms with E-state index in [0.717, 1.165) is 16.7 Å². The van der Waals surface area contributed by atoms with Gasteiger partial charge in [-0.1, -0.05) is 91.0 Å². The van der Waals surface area contributed by atoms with Crippen molar-refractivity contribution in [2.24, 2.45) is 0 Å². The number of aliphatic hydroxyl groups is 1. The van der Waals surface area contributed by atoms with Gasteiger partial charge in [0.25, 0.3) is 0 Å². The number of hydrogen-bond donors (Lipinski definition) is 1. The Kier molecular flexibility index (Phi) is 7.80. The Labute approximate surface area is 188 Å². The molecule has 0 spiro atoms. The fourth-order valence-corrected chi connectivity index (χ4v) is 3.88. The van der Waals surface area contributed by atoms with Crippen molar-refractivity contribution in [3.8, 4) is 0 Å². The zero-order chi connectivity index (χ0) is 22.2. The molecular formula is C27H28O5. The lowest BCUT2D eigenvalue weighted by molar-refractivity contribution is -0.201. The molecule has 0 aromatic heterocycles. The summed E-state index contributed by atoms with van der Waals surface area (Å²) in [6.45, 7) is 0.888. The van der Waals surface area contributed by atoms with Crippen LogP contribution in [0.25, 0.3) is 0 Å². The lowest BCUT2D eigenvalue weighted by atomic mass is 9.88. The minimum absolute atomic E-state index is 0.0237. The Balaban J connectivity index is 1.51. The van der Waals surface area contributed by atoms with Crippen LogP contribution in [0.5, 0.6) is 0 Å². The first-order valence-corrected chi connectivity index (χ1v) is 10.9. The van der Waals surface area contributed by atoms with Crippen LogP contribution in [0.15, 0.2) is 91.0 Å². The maximum atomic E-state index is 12.8. The topological polar surface area (TPSA) is 65.0 Å². The highest BCUT2D eigenvalue weighted by atomic mass is 16.6. The molecule has 1 fully saturated rings. The number of ether oxygens (including phenoxy) is 3. The lowest BCUT2D eigenvalue weighted by Gasteiger charge is -2.39. The van der Waals surface area contributed by atoms with Crippen molar-refractivity contribution in [3.05, 3.63) is 108 Å². The van der Waals surface area contributed by atoms with Crippen LogP contribution in [0.2, 0.25) is 0 Å². The van der Waals surface area contributed by atoms with Gasteiger partial charge in [-0.3, -0.25) is 4.79 Å². The van der Waals surface area contributed by atoms with Crippen LogP contribution in [0.3, 0.4) is 0 Å². The maximum Gasteiger partial charge on any atom is 0.167 e. The van der Waals surface area contributed by atoms with E-state index in [2.05, 4.69) is 0 Å². The largest absolute Gasteiger partial charge is 0.390 e. The third-order valence-corrected chi connectivity index (χ3v) is 5.57. The van der Waals surface area contributed by atoms with Crippen LogP contribution >= 0.6 is 0 Å². The van der Waals surface area contributed by atoms with Crippen molar-refractivity contribution in [3.63, 3.8) is 0 Å². The molecule has 0 amide bonds. The second kappa shape index (κ2) is 11.2. The predicted molar refractivity (Wildman–Crippen MR) is 121 cm³/mol. The molecule has 0 bridgehead atoms. The minimum Gasteiger partial charge on any atom is -0.390 e. The SMILES string of the molecule is O=C1C[C@@H](O)[C@@H](OCc2ccccc2)[C@@H](OCc2ccccc2)[C@@H]1OCc1ccccc1. The van der Waals surface area contributed by atoms with Crippen molar-refractivity contribution >= 4 is 5.78 Å². The summed E-state index contributed by atoms with van der Waals surface area (Å²) < 4.78 is 18.3. The van der Waals surface area contributed by atoms with E-state index >= 15 is 0 Å². The van der Waals surface area contributed by atoms with Gasteiger partial charge in [-0.2, -0.15) is 0 Å². The summed E-state index contributed by atoms with van der Waals surface area (Å²) in [4.78, 5) is 12.8.